The topological polar surface area (TPSA) is 46.9 Å². The van der Waals surface area contributed by atoms with E-state index in [-0.39, 0.29) is 17.8 Å². The SMILES string of the molecule is CC(NC(=O)CCc1cnn(-c2ccccc2)c1)c1cccc(F)c1. The van der Waals surface area contributed by atoms with Gasteiger partial charge in [-0.05, 0) is 48.7 Å². The number of aryl methyl sites for hydroxylation is 1. The van der Waals surface area contributed by atoms with Crippen LogP contribution >= 0.6 is 0 Å². The minimum absolute atomic E-state index is 0.0655. The molecule has 3 rings (SSSR count). The van der Waals surface area contributed by atoms with Crippen molar-refractivity contribution in [2.24, 2.45) is 0 Å². The second-order valence-electron chi connectivity index (χ2n) is 5.97. The average molecular weight is 337 g/mol. The van der Waals surface area contributed by atoms with Gasteiger partial charge in [-0.3, -0.25) is 4.79 Å². The van der Waals surface area contributed by atoms with Crippen LogP contribution in [-0.2, 0) is 11.2 Å². The van der Waals surface area contributed by atoms with Crippen molar-refractivity contribution in [3.63, 3.8) is 0 Å². The van der Waals surface area contributed by atoms with E-state index in [1.54, 1.807) is 23.0 Å². The molecule has 2 aromatic carbocycles. The van der Waals surface area contributed by atoms with Crippen LogP contribution in [0.5, 0.6) is 0 Å². The molecule has 0 saturated carbocycles. The summed E-state index contributed by atoms with van der Waals surface area (Å²) in [4.78, 5) is 12.1. The monoisotopic (exact) mass is 337 g/mol. The van der Waals surface area contributed by atoms with Gasteiger partial charge in [-0.15, -0.1) is 0 Å². The lowest BCUT2D eigenvalue weighted by Crippen LogP contribution is -2.26. The highest BCUT2D eigenvalue weighted by Gasteiger charge is 2.11. The van der Waals surface area contributed by atoms with Crippen molar-refractivity contribution in [2.45, 2.75) is 25.8 Å². The fourth-order valence-corrected chi connectivity index (χ4v) is 2.64. The third-order valence-electron chi connectivity index (χ3n) is 4.02. The van der Waals surface area contributed by atoms with Gasteiger partial charge in [0.2, 0.25) is 5.91 Å². The normalized spacial score (nSPS) is 11.9. The zero-order valence-corrected chi connectivity index (χ0v) is 14.0. The fraction of sp³-hybridized carbons (Fsp3) is 0.200. The van der Waals surface area contributed by atoms with Crippen molar-refractivity contribution in [3.05, 3.63) is 83.9 Å². The predicted molar refractivity (Wildman–Crippen MR) is 94.8 cm³/mol. The summed E-state index contributed by atoms with van der Waals surface area (Å²) in [5.74, 6) is -0.365. The summed E-state index contributed by atoms with van der Waals surface area (Å²) in [5, 5.41) is 7.23. The molecule has 1 amide bonds. The molecule has 1 unspecified atom stereocenters. The predicted octanol–water partition coefficient (Wildman–Crippen LogP) is 3.82. The first-order valence-corrected chi connectivity index (χ1v) is 8.25. The maximum atomic E-state index is 13.3. The molecule has 0 fully saturated rings. The molecule has 4 nitrogen and oxygen atoms in total. The van der Waals surface area contributed by atoms with Crippen molar-refractivity contribution in [1.29, 1.82) is 0 Å². The smallest absolute Gasteiger partial charge is 0.220 e. The van der Waals surface area contributed by atoms with E-state index in [9.17, 15) is 9.18 Å². The number of hydrogen-bond donors (Lipinski definition) is 1. The molecule has 128 valence electrons. The quantitative estimate of drug-likeness (QED) is 0.743. The lowest BCUT2D eigenvalue weighted by Gasteiger charge is -2.14. The Kier molecular flexibility index (Phi) is 5.23. The fourth-order valence-electron chi connectivity index (χ4n) is 2.64. The van der Waals surface area contributed by atoms with E-state index >= 15 is 0 Å². The summed E-state index contributed by atoms with van der Waals surface area (Å²) in [6.45, 7) is 1.85. The highest BCUT2D eigenvalue weighted by Crippen LogP contribution is 2.14. The second kappa shape index (κ2) is 7.75. The molecule has 1 heterocycles. The van der Waals surface area contributed by atoms with Gasteiger partial charge in [-0.1, -0.05) is 30.3 Å². The van der Waals surface area contributed by atoms with Crippen LogP contribution in [0.2, 0.25) is 0 Å². The molecule has 0 aliphatic carbocycles. The number of para-hydroxylation sites is 1. The van der Waals surface area contributed by atoms with Gasteiger partial charge in [0.25, 0.3) is 0 Å². The highest BCUT2D eigenvalue weighted by molar-refractivity contribution is 5.76. The summed E-state index contributed by atoms with van der Waals surface area (Å²) in [6.07, 6.45) is 4.67. The average Bonchev–Trinajstić information content (AvgIpc) is 3.10. The van der Waals surface area contributed by atoms with Gasteiger partial charge in [0.15, 0.2) is 0 Å². The molecule has 5 heteroatoms. The third-order valence-corrected chi connectivity index (χ3v) is 4.02. The van der Waals surface area contributed by atoms with Crippen molar-refractivity contribution in [1.82, 2.24) is 15.1 Å². The number of benzene rings is 2. The minimum Gasteiger partial charge on any atom is -0.350 e. The molecule has 0 aliphatic heterocycles. The molecule has 1 N–H and O–H groups in total. The number of nitrogens with zero attached hydrogens (tertiary/aromatic N) is 2. The lowest BCUT2D eigenvalue weighted by molar-refractivity contribution is -0.121. The first kappa shape index (κ1) is 16.9. The van der Waals surface area contributed by atoms with Crippen LogP contribution in [0, 0.1) is 5.82 Å². The summed E-state index contributed by atoms with van der Waals surface area (Å²) < 4.78 is 15.0. The summed E-state index contributed by atoms with van der Waals surface area (Å²) in [6, 6.07) is 15.9. The van der Waals surface area contributed by atoms with Crippen molar-refractivity contribution >= 4 is 5.91 Å². The molecule has 0 saturated heterocycles. The Morgan fingerprint density at radius 3 is 2.76 bits per heavy atom. The summed E-state index contributed by atoms with van der Waals surface area (Å²) >= 11 is 0. The first-order chi connectivity index (χ1) is 12.1. The van der Waals surface area contributed by atoms with Crippen molar-refractivity contribution < 1.29 is 9.18 Å². The van der Waals surface area contributed by atoms with E-state index < -0.39 is 0 Å². The molecular weight excluding hydrogens is 317 g/mol. The maximum Gasteiger partial charge on any atom is 0.220 e. The molecule has 25 heavy (non-hydrogen) atoms. The summed E-state index contributed by atoms with van der Waals surface area (Å²) in [7, 11) is 0. The van der Waals surface area contributed by atoms with Gasteiger partial charge in [-0.25, -0.2) is 9.07 Å². The summed E-state index contributed by atoms with van der Waals surface area (Å²) in [5.41, 5.74) is 2.74. The number of hydrogen-bond acceptors (Lipinski definition) is 2. The Hall–Kier alpha value is -2.95. The van der Waals surface area contributed by atoms with E-state index in [1.807, 2.05) is 43.5 Å². The van der Waals surface area contributed by atoms with Crippen LogP contribution < -0.4 is 5.32 Å². The second-order valence-corrected chi connectivity index (χ2v) is 5.97. The first-order valence-electron chi connectivity index (χ1n) is 8.25. The molecular formula is C20H20FN3O. The number of aromatic nitrogens is 2. The van der Waals surface area contributed by atoms with Gasteiger partial charge >= 0.3 is 0 Å². The Morgan fingerprint density at radius 2 is 2.00 bits per heavy atom. The number of carbonyl (C=O) groups excluding carboxylic acids is 1. The number of halogens is 1. The highest BCUT2D eigenvalue weighted by atomic mass is 19.1. The van der Waals surface area contributed by atoms with Crippen LogP contribution in [-0.4, -0.2) is 15.7 Å². The van der Waals surface area contributed by atoms with Crippen molar-refractivity contribution in [3.8, 4) is 5.69 Å². The number of rotatable bonds is 6. The molecule has 1 atom stereocenters. The van der Waals surface area contributed by atoms with Crippen LogP contribution in [0.15, 0.2) is 67.0 Å². The molecule has 0 bridgehead atoms. The minimum atomic E-state index is -0.299. The number of amides is 1. The van der Waals surface area contributed by atoms with E-state index in [4.69, 9.17) is 0 Å². The number of nitrogens with one attached hydrogen (secondary N) is 1. The van der Waals surface area contributed by atoms with Crippen LogP contribution in [0.25, 0.3) is 5.69 Å². The zero-order valence-electron chi connectivity index (χ0n) is 14.0. The molecule has 1 aromatic heterocycles. The number of carbonyl (C=O) groups is 1. The Labute approximate surface area is 146 Å². The maximum absolute atomic E-state index is 13.3. The van der Waals surface area contributed by atoms with Gasteiger partial charge in [0.05, 0.1) is 17.9 Å². The van der Waals surface area contributed by atoms with E-state index in [2.05, 4.69) is 10.4 Å². The third kappa shape index (κ3) is 4.53. The Bertz CT molecular complexity index is 845. The molecule has 0 spiro atoms. The Morgan fingerprint density at radius 1 is 1.20 bits per heavy atom. The largest absolute Gasteiger partial charge is 0.350 e. The standard InChI is InChI=1S/C20H20FN3O/c1-15(17-6-5-7-18(21)12-17)23-20(25)11-10-16-13-22-24(14-16)19-8-3-2-4-9-19/h2-9,12-15H,10-11H2,1H3,(H,23,25). The van der Waals surface area contributed by atoms with Gasteiger partial charge < -0.3 is 5.32 Å². The van der Waals surface area contributed by atoms with E-state index in [1.165, 1.54) is 12.1 Å². The molecule has 3 aromatic rings. The van der Waals surface area contributed by atoms with E-state index in [0.29, 0.717) is 12.8 Å². The van der Waals surface area contributed by atoms with Gasteiger partial charge in [0, 0.05) is 12.6 Å². The van der Waals surface area contributed by atoms with Gasteiger partial charge in [0.1, 0.15) is 5.82 Å². The molecule has 0 aliphatic rings. The molecule has 0 radical (unpaired) electrons. The van der Waals surface area contributed by atoms with Crippen LogP contribution in [0.1, 0.15) is 30.5 Å². The lowest BCUT2D eigenvalue weighted by atomic mass is 10.1. The van der Waals surface area contributed by atoms with Gasteiger partial charge in [-0.2, -0.15) is 5.10 Å². The zero-order chi connectivity index (χ0) is 17.6. The van der Waals surface area contributed by atoms with Crippen LogP contribution in [0.4, 0.5) is 4.39 Å². The van der Waals surface area contributed by atoms with E-state index in [0.717, 1.165) is 16.8 Å². The van der Waals surface area contributed by atoms with Crippen molar-refractivity contribution in [2.75, 3.05) is 0 Å². The Balaban J connectivity index is 1.53. The van der Waals surface area contributed by atoms with Crippen LogP contribution in [0.3, 0.4) is 0 Å².